The molecule has 0 radical (unpaired) electrons. The van der Waals surface area contributed by atoms with E-state index in [0.717, 1.165) is 12.8 Å². The molecule has 0 saturated heterocycles. The highest BCUT2D eigenvalue weighted by Crippen LogP contribution is 2.37. The number of hydrogen-bond donors (Lipinski definition) is 1. The normalized spacial score (nSPS) is 38.0. The number of ether oxygens (including phenoxy) is 1. The van der Waals surface area contributed by atoms with Gasteiger partial charge in [-0.3, -0.25) is 0 Å². The van der Waals surface area contributed by atoms with Crippen LogP contribution in [0.5, 0.6) is 0 Å². The average Bonchev–Trinajstić information content (AvgIpc) is 2.12. The Morgan fingerprint density at radius 1 is 1.57 bits per heavy atom. The summed E-state index contributed by atoms with van der Waals surface area (Å²) >= 11 is 0. The van der Waals surface area contributed by atoms with Crippen molar-refractivity contribution in [2.75, 3.05) is 6.61 Å². The van der Waals surface area contributed by atoms with Crippen LogP contribution in [0.4, 0.5) is 0 Å². The number of hydrogen-bond acceptors (Lipinski definition) is 3. The van der Waals surface area contributed by atoms with Crippen LogP contribution in [-0.2, 0) is 9.53 Å². The molecule has 0 aliphatic heterocycles. The van der Waals surface area contributed by atoms with Crippen LogP contribution < -0.4 is 0 Å². The van der Waals surface area contributed by atoms with Gasteiger partial charge >= 0.3 is 5.97 Å². The van der Waals surface area contributed by atoms with E-state index in [1.807, 2.05) is 6.92 Å². The van der Waals surface area contributed by atoms with E-state index in [1.165, 1.54) is 0 Å². The molecule has 0 spiro atoms. The van der Waals surface area contributed by atoms with Gasteiger partial charge in [-0.05, 0) is 38.0 Å². The molecule has 0 aromatic carbocycles. The van der Waals surface area contributed by atoms with Gasteiger partial charge in [0, 0.05) is 0 Å². The Kier molecular flexibility index (Phi) is 3.53. The topological polar surface area (TPSA) is 46.5 Å². The van der Waals surface area contributed by atoms with Crippen molar-refractivity contribution in [2.24, 2.45) is 11.8 Å². The minimum Gasteiger partial charge on any atom is -0.464 e. The lowest BCUT2D eigenvalue weighted by Crippen LogP contribution is -2.49. The molecular formula is C11H20O3. The van der Waals surface area contributed by atoms with Crippen molar-refractivity contribution in [1.29, 1.82) is 0 Å². The van der Waals surface area contributed by atoms with Crippen molar-refractivity contribution in [2.45, 2.75) is 45.6 Å². The maximum Gasteiger partial charge on any atom is 0.338 e. The molecule has 0 amide bonds. The summed E-state index contributed by atoms with van der Waals surface area (Å²) in [5.41, 5.74) is -1.23. The fourth-order valence-electron chi connectivity index (χ4n) is 2.19. The minimum absolute atomic E-state index is 0.00491. The predicted octanol–water partition coefficient (Wildman–Crippen LogP) is 1.74. The summed E-state index contributed by atoms with van der Waals surface area (Å²) in [5, 5.41) is 10.2. The largest absolute Gasteiger partial charge is 0.464 e. The van der Waals surface area contributed by atoms with Crippen LogP contribution in [0.1, 0.15) is 40.0 Å². The van der Waals surface area contributed by atoms with Gasteiger partial charge in [0.1, 0.15) is 0 Å². The number of aliphatic hydroxyl groups is 1. The highest BCUT2D eigenvalue weighted by molar-refractivity contribution is 5.79. The molecule has 1 rings (SSSR count). The SMILES string of the molecule is CCOC(=O)C1(O)CCC(C)CC1C. The van der Waals surface area contributed by atoms with Gasteiger partial charge < -0.3 is 9.84 Å². The monoisotopic (exact) mass is 200 g/mol. The number of esters is 1. The molecule has 0 aromatic heterocycles. The molecule has 1 aliphatic rings. The van der Waals surface area contributed by atoms with Crippen molar-refractivity contribution in [3.05, 3.63) is 0 Å². The van der Waals surface area contributed by atoms with Crippen molar-refractivity contribution in [3.8, 4) is 0 Å². The number of carbonyl (C=O) groups is 1. The Balaban J connectivity index is 2.68. The maximum atomic E-state index is 11.6. The lowest BCUT2D eigenvalue weighted by atomic mass is 9.72. The minimum atomic E-state index is -1.23. The number of carbonyl (C=O) groups excluding carboxylic acids is 1. The molecule has 0 heterocycles. The van der Waals surface area contributed by atoms with Crippen LogP contribution >= 0.6 is 0 Å². The molecule has 1 saturated carbocycles. The first-order chi connectivity index (χ1) is 6.50. The smallest absolute Gasteiger partial charge is 0.338 e. The van der Waals surface area contributed by atoms with E-state index in [9.17, 15) is 9.90 Å². The third-order valence-corrected chi connectivity index (χ3v) is 3.22. The van der Waals surface area contributed by atoms with Crippen LogP contribution in [-0.4, -0.2) is 23.3 Å². The Bertz CT molecular complexity index is 215. The van der Waals surface area contributed by atoms with Gasteiger partial charge in [-0.25, -0.2) is 4.79 Å². The van der Waals surface area contributed by atoms with E-state index in [-0.39, 0.29) is 5.92 Å². The van der Waals surface area contributed by atoms with E-state index in [4.69, 9.17) is 4.74 Å². The van der Waals surface area contributed by atoms with E-state index < -0.39 is 11.6 Å². The van der Waals surface area contributed by atoms with Crippen LogP contribution in [0.15, 0.2) is 0 Å². The number of rotatable bonds is 2. The zero-order chi connectivity index (χ0) is 10.8. The Morgan fingerprint density at radius 3 is 2.71 bits per heavy atom. The zero-order valence-corrected chi connectivity index (χ0v) is 9.25. The lowest BCUT2D eigenvalue weighted by molar-refractivity contribution is -0.176. The standard InChI is InChI=1S/C11H20O3/c1-4-14-10(12)11(13)6-5-8(2)7-9(11)3/h8-9,13H,4-7H2,1-3H3. The molecular weight excluding hydrogens is 180 g/mol. The molecule has 1 N–H and O–H groups in total. The van der Waals surface area contributed by atoms with Crippen LogP contribution in [0.25, 0.3) is 0 Å². The van der Waals surface area contributed by atoms with Crippen molar-refractivity contribution in [3.63, 3.8) is 0 Å². The summed E-state index contributed by atoms with van der Waals surface area (Å²) < 4.78 is 4.90. The molecule has 82 valence electrons. The van der Waals surface area contributed by atoms with Gasteiger partial charge in [0.05, 0.1) is 6.61 Å². The molecule has 0 aromatic rings. The average molecular weight is 200 g/mol. The first kappa shape index (κ1) is 11.5. The summed E-state index contributed by atoms with van der Waals surface area (Å²) in [7, 11) is 0. The van der Waals surface area contributed by atoms with E-state index in [2.05, 4.69) is 6.92 Å². The first-order valence-corrected chi connectivity index (χ1v) is 5.40. The molecule has 3 atom stereocenters. The highest BCUT2D eigenvalue weighted by atomic mass is 16.5. The Labute approximate surface area is 85.5 Å². The van der Waals surface area contributed by atoms with Gasteiger partial charge in [-0.15, -0.1) is 0 Å². The van der Waals surface area contributed by atoms with Gasteiger partial charge in [-0.2, -0.15) is 0 Å². The second-order valence-electron chi connectivity index (χ2n) is 4.43. The summed E-state index contributed by atoms with van der Waals surface area (Å²) in [6, 6.07) is 0. The quantitative estimate of drug-likeness (QED) is 0.691. The van der Waals surface area contributed by atoms with Crippen LogP contribution in [0.2, 0.25) is 0 Å². The Hall–Kier alpha value is -0.570. The van der Waals surface area contributed by atoms with Gasteiger partial charge in [0.2, 0.25) is 0 Å². The molecule has 3 heteroatoms. The third-order valence-electron chi connectivity index (χ3n) is 3.22. The summed E-state index contributed by atoms with van der Waals surface area (Å²) in [4.78, 5) is 11.6. The predicted molar refractivity (Wildman–Crippen MR) is 53.8 cm³/mol. The van der Waals surface area contributed by atoms with Crippen molar-refractivity contribution >= 4 is 5.97 Å². The maximum absolute atomic E-state index is 11.6. The second-order valence-corrected chi connectivity index (χ2v) is 4.43. The molecule has 1 aliphatic carbocycles. The molecule has 0 bridgehead atoms. The van der Waals surface area contributed by atoms with Gasteiger partial charge in [0.25, 0.3) is 0 Å². The van der Waals surface area contributed by atoms with Crippen LogP contribution in [0, 0.1) is 11.8 Å². The summed E-state index contributed by atoms with van der Waals surface area (Å²) in [6.07, 6.45) is 2.34. The molecule has 14 heavy (non-hydrogen) atoms. The van der Waals surface area contributed by atoms with E-state index in [1.54, 1.807) is 6.92 Å². The molecule has 1 fully saturated rings. The third kappa shape index (κ3) is 2.08. The fourth-order valence-corrected chi connectivity index (χ4v) is 2.19. The first-order valence-electron chi connectivity index (χ1n) is 5.40. The summed E-state index contributed by atoms with van der Waals surface area (Å²) in [5.74, 6) is 0.157. The van der Waals surface area contributed by atoms with E-state index >= 15 is 0 Å². The second kappa shape index (κ2) is 4.30. The van der Waals surface area contributed by atoms with Gasteiger partial charge in [0.15, 0.2) is 5.60 Å². The Morgan fingerprint density at radius 2 is 2.21 bits per heavy atom. The van der Waals surface area contributed by atoms with Crippen molar-refractivity contribution in [1.82, 2.24) is 0 Å². The van der Waals surface area contributed by atoms with E-state index in [0.29, 0.717) is 18.9 Å². The highest BCUT2D eigenvalue weighted by Gasteiger charge is 2.45. The van der Waals surface area contributed by atoms with Crippen LogP contribution in [0.3, 0.4) is 0 Å². The molecule has 3 unspecified atom stereocenters. The van der Waals surface area contributed by atoms with Crippen molar-refractivity contribution < 1.29 is 14.6 Å². The lowest BCUT2D eigenvalue weighted by Gasteiger charge is -2.38. The zero-order valence-electron chi connectivity index (χ0n) is 9.25. The fraction of sp³-hybridized carbons (Fsp3) is 0.909. The molecule has 3 nitrogen and oxygen atoms in total. The van der Waals surface area contributed by atoms with Gasteiger partial charge in [-0.1, -0.05) is 13.8 Å². The summed E-state index contributed by atoms with van der Waals surface area (Å²) in [6.45, 7) is 6.18.